The van der Waals surface area contributed by atoms with Crippen LogP contribution in [0, 0.1) is 0 Å². The highest BCUT2D eigenvalue weighted by atomic mass is 35.5. The summed E-state index contributed by atoms with van der Waals surface area (Å²) >= 11 is 7.46. The van der Waals surface area contributed by atoms with E-state index in [0.29, 0.717) is 11.7 Å². The second kappa shape index (κ2) is 4.48. The lowest BCUT2D eigenvalue weighted by atomic mass is 9.99. The molecule has 0 aliphatic carbocycles. The number of benzene rings is 1. The van der Waals surface area contributed by atoms with E-state index in [2.05, 4.69) is 13.8 Å². The molecule has 0 unspecified atom stereocenters. The van der Waals surface area contributed by atoms with Crippen molar-refractivity contribution < 1.29 is 5.11 Å². The van der Waals surface area contributed by atoms with Crippen molar-refractivity contribution in [1.82, 2.24) is 0 Å². The maximum Gasteiger partial charge on any atom is 0.119 e. The Kier molecular flexibility index (Phi) is 3.22. The highest BCUT2D eigenvalue weighted by Gasteiger charge is 2.09. The predicted octanol–water partition coefficient (Wildman–Crippen LogP) is 4.90. The molecule has 0 atom stereocenters. The molecule has 84 valence electrons. The zero-order valence-electron chi connectivity index (χ0n) is 9.20. The zero-order chi connectivity index (χ0) is 11.7. The predicted molar refractivity (Wildman–Crippen MR) is 70.5 cm³/mol. The van der Waals surface area contributed by atoms with Crippen LogP contribution in [0.25, 0.3) is 10.4 Å². The van der Waals surface area contributed by atoms with E-state index in [1.54, 1.807) is 17.4 Å². The Bertz CT molecular complexity index is 502. The van der Waals surface area contributed by atoms with Crippen LogP contribution in [0.1, 0.15) is 25.3 Å². The number of hydrogen-bond acceptors (Lipinski definition) is 2. The number of phenols is 1. The number of halogens is 1. The minimum atomic E-state index is 0.315. The second-order valence-corrected chi connectivity index (χ2v) is 5.75. The van der Waals surface area contributed by atoms with Crippen LogP contribution in [0.2, 0.25) is 4.34 Å². The van der Waals surface area contributed by atoms with Gasteiger partial charge in [-0.25, -0.2) is 0 Å². The average molecular weight is 253 g/mol. The number of thiophene rings is 1. The molecule has 1 heterocycles. The fourth-order valence-corrected chi connectivity index (χ4v) is 2.68. The van der Waals surface area contributed by atoms with Crippen LogP contribution in [0.15, 0.2) is 30.3 Å². The van der Waals surface area contributed by atoms with Crippen molar-refractivity contribution in [1.29, 1.82) is 0 Å². The van der Waals surface area contributed by atoms with E-state index in [1.165, 1.54) is 0 Å². The van der Waals surface area contributed by atoms with E-state index in [-0.39, 0.29) is 0 Å². The van der Waals surface area contributed by atoms with Crippen molar-refractivity contribution in [2.24, 2.45) is 0 Å². The fraction of sp³-hybridized carbons (Fsp3) is 0.231. The lowest BCUT2D eigenvalue weighted by Crippen LogP contribution is -1.88. The first-order valence-electron chi connectivity index (χ1n) is 5.16. The maximum absolute atomic E-state index is 9.73. The van der Waals surface area contributed by atoms with Gasteiger partial charge in [-0.1, -0.05) is 25.4 Å². The molecule has 1 aromatic heterocycles. The summed E-state index contributed by atoms with van der Waals surface area (Å²) < 4.78 is 0.786. The molecular weight excluding hydrogens is 240 g/mol. The standard InChI is InChI=1S/C13H13ClOS/c1-8(2)10-7-9(3-4-11(10)15)12-5-6-13(14)16-12/h3-8,15H,1-2H3. The molecule has 16 heavy (non-hydrogen) atoms. The highest BCUT2D eigenvalue weighted by Crippen LogP contribution is 2.35. The molecule has 0 saturated heterocycles. The van der Waals surface area contributed by atoms with Crippen LogP contribution < -0.4 is 0 Å². The molecule has 0 saturated carbocycles. The number of aromatic hydroxyl groups is 1. The lowest BCUT2D eigenvalue weighted by Gasteiger charge is -2.09. The minimum absolute atomic E-state index is 0.315. The van der Waals surface area contributed by atoms with Gasteiger partial charge in [-0.05, 0) is 47.4 Å². The van der Waals surface area contributed by atoms with Gasteiger partial charge < -0.3 is 5.11 Å². The van der Waals surface area contributed by atoms with Crippen LogP contribution in [-0.2, 0) is 0 Å². The first-order chi connectivity index (χ1) is 7.58. The van der Waals surface area contributed by atoms with Gasteiger partial charge in [-0.2, -0.15) is 0 Å². The van der Waals surface area contributed by atoms with Crippen molar-refractivity contribution in [3.63, 3.8) is 0 Å². The normalized spacial score (nSPS) is 11.0. The van der Waals surface area contributed by atoms with E-state index in [9.17, 15) is 5.11 Å². The fourth-order valence-electron chi connectivity index (χ4n) is 1.64. The van der Waals surface area contributed by atoms with Gasteiger partial charge in [0.1, 0.15) is 5.75 Å². The molecule has 2 rings (SSSR count). The van der Waals surface area contributed by atoms with Gasteiger partial charge in [0, 0.05) is 4.88 Å². The summed E-state index contributed by atoms with van der Waals surface area (Å²) in [6, 6.07) is 9.59. The summed E-state index contributed by atoms with van der Waals surface area (Å²) in [7, 11) is 0. The van der Waals surface area contributed by atoms with Gasteiger partial charge in [0.15, 0.2) is 0 Å². The van der Waals surface area contributed by atoms with Crippen molar-refractivity contribution in [3.05, 3.63) is 40.2 Å². The highest BCUT2D eigenvalue weighted by molar-refractivity contribution is 7.19. The van der Waals surface area contributed by atoms with Crippen LogP contribution in [0.4, 0.5) is 0 Å². The third-order valence-corrected chi connectivity index (χ3v) is 3.79. The van der Waals surface area contributed by atoms with Gasteiger partial charge in [0.25, 0.3) is 0 Å². The Hall–Kier alpha value is -0.990. The number of rotatable bonds is 2. The third kappa shape index (κ3) is 2.23. The summed E-state index contributed by atoms with van der Waals surface area (Å²) in [6.07, 6.45) is 0. The van der Waals surface area contributed by atoms with E-state index in [1.807, 2.05) is 24.3 Å². The van der Waals surface area contributed by atoms with Crippen LogP contribution in [0.5, 0.6) is 5.75 Å². The topological polar surface area (TPSA) is 20.2 Å². The summed E-state index contributed by atoms with van der Waals surface area (Å²) in [4.78, 5) is 1.13. The van der Waals surface area contributed by atoms with E-state index >= 15 is 0 Å². The number of phenolic OH excluding ortho intramolecular Hbond substituents is 1. The molecule has 3 heteroatoms. The Labute approximate surface area is 104 Å². The molecule has 0 amide bonds. The molecule has 1 N–H and O–H groups in total. The van der Waals surface area contributed by atoms with E-state index in [0.717, 1.165) is 20.3 Å². The average Bonchev–Trinajstić information content (AvgIpc) is 2.65. The summed E-state index contributed by atoms with van der Waals surface area (Å²) in [5.41, 5.74) is 2.08. The van der Waals surface area contributed by atoms with Crippen molar-refractivity contribution in [2.75, 3.05) is 0 Å². The van der Waals surface area contributed by atoms with Gasteiger partial charge in [-0.15, -0.1) is 11.3 Å². The molecule has 1 aromatic carbocycles. The largest absolute Gasteiger partial charge is 0.508 e. The van der Waals surface area contributed by atoms with Crippen LogP contribution >= 0.6 is 22.9 Å². The first-order valence-corrected chi connectivity index (χ1v) is 6.36. The van der Waals surface area contributed by atoms with Crippen molar-refractivity contribution in [2.45, 2.75) is 19.8 Å². The molecular formula is C13H13ClOS. The van der Waals surface area contributed by atoms with E-state index < -0.39 is 0 Å². The van der Waals surface area contributed by atoms with Gasteiger partial charge in [-0.3, -0.25) is 0 Å². The number of hydrogen-bond donors (Lipinski definition) is 1. The van der Waals surface area contributed by atoms with Crippen molar-refractivity contribution >= 4 is 22.9 Å². The summed E-state index contributed by atoms with van der Waals surface area (Å²) in [5, 5.41) is 9.73. The Morgan fingerprint density at radius 1 is 1.19 bits per heavy atom. The summed E-state index contributed by atoms with van der Waals surface area (Å²) in [6.45, 7) is 4.14. The molecule has 0 aliphatic rings. The SMILES string of the molecule is CC(C)c1cc(-c2ccc(Cl)s2)ccc1O. The van der Waals surface area contributed by atoms with Crippen molar-refractivity contribution in [3.8, 4) is 16.2 Å². The first kappa shape index (κ1) is 11.5. The molecule has 0 spiro atoms. The quantitative estimate of drug-likeness (QED) is 0.806. The molecule has 0 aliphatic heterocycles. The smallest absolute Gasteiger partial charge is 0.119 e. The molecule has 1 nitrogen and oxygen atoms in total. The Balaban J connectivity index is 2.47. The molecule has 2 aromatic rings. The zero-order valence-corrected chi connectivity index (χ0v) is 10.8. The van der Waals surface area contributed by atoms with Crippen LogP contribution in [-0.4, -0.2) is 5.11 Å². The Morgan fingerprint density at radius 3 is 2.50 bits per heavy atom. The van der Waals surface area contributed by atoms with Crippen LogP contribution in [0.3, 0.4) is 0 Å². The molecule has 0 bridgehead atoms. The Morgan fingerprint density at radius 2 is 1.94 bits per heavy atom. The maximum atomic E-state index is 9.73. The molecule has 0 fully saturated rings. The monoisotopic (exact) mass is 252 g/mol. The minimum Gasteiger partial charge on any atom is -0.508 e. The lowest BCUT2D eigenvalue weighted by molar-refractivity contribution is 0.465. The second-order valence-electron chi connectivity index (χ2n) is 4.03. The third-order valence-electron chi connectivity index (χ3n) is 2.51. The van der Waals surface area contributed by atoms with Gasteiger partial charge in [0.05, 0.1) is 4.34 Å². The molecule has 0 radical (unpaired) electrons. The summed E-state index contributed by atoms with van der Waals surface area (Å²) in [5.74, 6) is 0.678. The van der Waals surface area contributed by atoms with E-state index in [4.69, 9.17) is 11.6 Å². The van der Waals surface area contributed by atoms with Gasteiger partial charge >= 0.3 is 0 Å². The van der Waals surface area contributed by atoms with Gasteiger partial charge in [0.2, 0.25) is 0 Å².